The van der Waals surface area contributed by atoms with Crippen LogP contribution in [0.5, 0.6) is 0 Å². The van der Waals surface area contributed by atoms with Gasteiger partial charge in [0.15, 0.2) is 5.96 Å². The lowest BCUT2D eigenvalue weighted by Crippen LogP contribution is -2.45. The summed E-state index contributed by atoms with van der Waals surface area (Å²) in [6.07, 6.45) is 6.54. The number of hydrogen-bond acceptors (Lipinski definition) is 3. The molecule has 1 aromatic heterocycles. The zero-order chi connectivity index (χ0) is 15.2. The van der Waals surface area contributed by atoms with E-state index < -0.39 is 0 Å². The highest BCUT2D eigenvalue weighted by atomic mass is 127. The third kappa shape index (κ3) is 5.68. The van der Waals surface area contributed by atoms with Crippen LogP contribution >= 0.6 is 35.3 Å². The molecule has 2 unspecified atom stereocenters. The molecule has 0 bridgehead atoms. The van der Waals surface area contributed by atoms with Crippen LogP contribution in [0.3, 0.4) is 0 Å². The van der Waals surface area contributed by atoms with Gasteiger partial charge in [0.2, 0.25) is 0 Å². The fraction of sp³-hybridized carbons (Fsp3) is 0.750. The second-order valence-corrected chi connectivity index (χ2v) is 7.24. The number of hydrogen-bond donors (Lipinski definition) is 2. The summed E-state index contributed by atoms with van der Waals surface area (Å²) < 4.78 is 0. The van der Waals surface area contributed by atoms with Gasteiger partial charge in [0.05, 0.1) is 12.2 Å². The maximum absolute atomic E-state index is 4.56. The fourth-order valence-corrected chi connectivity index (χ4v) is 3.83. The van der Waals surface area contributed by atoms with Crippen LogP contribution in [0.4, 0.5) is 0 Å². The van der Waals surface area contributed by atoms with Gasteiger partial charge in [0.1, 0.15) is 5.01 Å². The number of rotatable bonds is 4. The average Bonchev–Trinajstić information content (AvgIpc) is 2.82. The van der Waals surface area contributed by atoms with Crippen LogP contribution in [0.2, 0.25) is 0 Å². The van der Waals surface area contributed by atoms with Crippen molar-refractivity contribution < 1.29 is 0 Å². The Morgan fingerprint density at radius 2 is 2.14 bits per heavy atom. The average molecular weight is 436 g/mol. The lowest BCUT2D eigenvalue weighted by Gasteiger charge is -2.30. The minimum absolute atomic E-state index is 0. The highest BCUT2D eigenvalue weighted by molar-refractivity contribution is 14.0. The lowest BCUT2D eigenvalue weighted by atomic mass is 9.84. The molecular formula is C16H29IN4S. The monoisotopic (exact) mass is 436 g/mol. The Balaban J connectivity index is 0.00000242. The van der Waals surface area contributed by atoms with Crippen LogP contribution in [0.1, 0.15) is 54.6 Å². The van der Waals surface area contributed by atoms with Crippen molar-refractivity contribution in [2.75, 3.05) is 7.05 Å². The van der Waals surface area contributed by atoms with E-state index in [2.05, 4.69) is 41.4 Å². The molecule has 0 amide bonds. The van der Waals surface area contributed by atoms with Gasteiger partial charge in [-0.15, -0.1) is 35.3 Å². The summed E-state index contributed by atoms with van der Waals surface area (Å²) in [5.41, 5.74) is 1.14. The summed E-state index contributed by atoms with van der Waals surface area (Å²) in [6, 6.07) is 0.565. The highest BCUT2D eigenvalue weighted by Gasteiger charge is 2.21. The first-order chi connectivity index (χ1) is 10.1. The van der Waals surface area contributed by atoms with Crippen molar-refractivity contribution in [3.05, 3.63) is 15.6 Å². The summed E-state index contributed by atoms with van der Waals surface area (Å²) in [7, 11) is 1.84. The van der Waals surface area contributed by atoms with E-state index in [4.69, 9.17) is 0 Å². The molecule has 4 nitrogen and oxygen atoms in total. The summed E-state index contributed by atoms with van der Waals surface area (Å²) in [6.45, 7) is 7.24. The zero-order valence-electron chi connectivity index (χ0n) is 14.1. The van der Waals surface area contributed by atoms with Crippen LogP contribution in [0.15, 0.2) is 4.99 Å². The molecule has 0 aromatic carbocycles. The molecule has 1 fully saturated rings. The lowest BCUT2D eigenvalue weighted by molar-refractivity contribution is 0.298. The van der Waals surface area contributed by atoms with Crippen molar-refractivity contribution in [3.8, 4) is 0 Å². The first-order valence-electron chi connectivity index (χ1n) is 8.02. The molecule has 126 valence electrons. The molecule has 2 rings (SSSR count). The Kier molecular flexibility index (Phi) is 8.67. The van der Waals surface area contributed by atoms with Gasteiger partial charge in [0, 0.05) is 18.0 Å². The molecule has 0 spiro atoms. The minimum Gasteiger partial charge on any atom is -0.354 e. The number of aliphatic imine (C=N–C) groups is 1. The van der Waals surface area contributed by atoms with Crippen LogP contribution in [0, 0.1) is 19.8 Å². The Morgan fingerprint density at radius 1 is 1.36 bits per heavy atom. The van der Waals surface area contributed by atoms with Gasteiger partial charge in [-0.1, -0.05) is 26.2 Å². The minimum atomic E-state index is 0. The van der Waals surface area contributed by atoms with E-state index in [0.717, 1.165) is 29.1 Å². The fourth-order valence-electron chi connectivity index (χ4n) is 2.95. The Morgan fingerprint density at radius 3 is 2.73 bits per heavy atom. The van der Waals surface area contributed by atoms with Crippen molar-refractivity contribution in [1.82, 2.24) is 15.6 Å². The topological polar surface area (TPSA) is 49.3 Å². The van der Waals surface area contributed by atoms with Crippen molar-refractivity contribution in [2.24, 2.45) is 10.9 Å². The predicted molar refractivity (Wildman–Crippen MR) is 106 cm³/mol. The molecule has 0 radical (unpaired) electrons. The van der Waals surface area contributed by atoms with Gasteiger partial charge in [-0.05, 0) is 32.6 Å². The van der Waals surface area contributed by atoms with Crippen molar-refractivity contribution in [3.63, 3.8) is 0 Å². The molecule has 0 saturated heterocycles. The van der Waals surface area contributed by atoms with Crippen molar-refractivity contribution >= 4 is 41.3 Å². The van der Waals surface area contributed by atoms with Crippen LogP contribution in [-0.4, -0.2) is 24.0 Å². The van der Waals surface area contributed by atoms with Crippen LogP contribution in [0.25, 0.3) is 0 Å². The van der Waals surface area contributed by atoms with Gasteiger partial charge < -0.3 is 10.6 Å². The van der Waals surface area contributed by atoms with E-state index in [-0.39, 0.29) is 24.0 Å². The van der Waals surface area contributed by atoms with E-state index in [1.54, 1.807) is 11.3 Å². The van der Waals surface area contributed by atoms with Gasteiger partial charge in [-0.3, -0.25) is 4.99 Å². The molecule has 1 aromatic rings. The van der Waals surface area contributed by atoms with Gasteiger partial charge in [-0.25, -0.2) is 4.98 Å². The standard InChI is InChI=1S/C16H28N4S.HI/c1-5-13-7-6-8-14(9-13)20-16(17-4)18-10-15-19-11(2)12(3)21-15;/h13-14H,5-10H2,1-4H3,(H2,17,18,20);1H. The summed E-state index contributed by atoms with van der Waals surface area (Å²) >= 11 is 1.76. The number of aromatic nitrogens is 1. The van der Waals surface area contributed by atoms with E-state index >= 15 is 0 Å². The molecule has 1 saturated carbocycles. The van der Waals surface area contributed by atoms with E-state index in [1.165, 1.54) is 37.0 Å². The van der Waals surface area contributed by atoms with Gasteiger partial charge in [0.25, 0.3) is 0 Å². The number of halogens is 1. The second kappa shape index (κ2) is 9.70. The molecule has 2 N–H and O–H groups in total. The summed E-state index contributed by atoms with van der Waals surface area (Å²) in [5.74, 6) is 1.78. The molecular weight excluding hydrogens is 407 g/mol. The van der Waals surface area contributed by atoms with E-state index in [1.807, 2.05) is 7.05 Å². The van der Waals surface area contributed by atoms with Gasteiger partial charge >= 0.3 is 0 Å². The molecule has 1 heterocycles. The number of aryl methyl sites for hydroxylation is 2. The number of guanidine groups is 1. The van der Waals surface area contributed by atoms with E-state index in [0.29, 0.717) is 6.04 Å². The third-order valence-electron chi connectivity index (χ3n) is 4.40. The Bertz CT molecular complexity index is 467. The molecule has 1 aliphatic rings. The van der Waals surface area contributed by atoms with E-state index in [9.17, 15) is 0 Å². The summed E-state index contributed by atoms with van der Waals surface area (Å²) in [5, 5.41) is 8.10. The molecule has 2 atom stereocenters. The number of thiazole rings is 1. The number of nitrogens with zero attached hydrogens (tertiary/aromatic N) is 2. The first-order valence-corrected chi connectivity index (χ1v) is 8.84. The normalized spacial score (nSPS) is 22.1. The quantitative estimate of drug-likeness (QED) is 0.426. The van der Waals surface area contributed by atoms with Gasteiger partial charge in [-0.2, -0.15) is 0 Å². The van der Waals surface area contributed by atoms with Crippen LogP contribution in [-0.2, 0) is 6.54 Å². The highest BCUT2D eigenvalue weighted by Crippen LogP contribution is 2.26. The SMILES string of the molecule is CCC1CCCC(NC(=NC)NCc2nc(C)c(C)s2)C1.I. The molecule has 0 aliphatic heterocycles. The first kappa shape index (κ1) is 19.7. The molecule has 6 heteroatoms. The predicted octanol–water partition coefficient (Wildman–Crippen LogP) is 4.01. The van der Waals surface area contributed by atoms with Crippen LogP contribution < -0.4 is 10.6 Å². The van der Waals surface area contributed by atoms with Crippen molar-refractivity contribution in [1.29, 1.82) is 0 Å². The maximum atomic E-state index is 4.56. The Hall–Kier alpha value is -0.370. The summed E-state index contributed by atoms with van der Waals surface area (Å²) in [4.78, 5) is 10.2. The largest absolute Gasteiger partial charge is 0.354 e. The number of nitrogens with one attached hydrogen (secondary N) is 2. The molecule has 22 heavy (non-hydrogen) atoms. The smallest absolute Gasteiger partial charge is 0.191 e. The second-order valence-electron chi connectivity index (χ2n) is 5.96. The third-order valence-corrected chi connectivity index (χ3v) is 5.48. The van der Waals surface area contributed by atoms with Crippen molar-refractivity contribution in [2.45, 2.75) is 65.5 Å². The zero-order valence-corrected chi connectivity index (χ0v) is 17.3. The maximum Gasteiger partial charge on any atom is 0.191 e. The Labute approximate surface area is 155 Å². The molecule has 1 aliphatic carbocycles.